The number of carbonyl (C=O) groups excluding carboxylic acids is 1. The van der Waals surface area contributed by atoms with Gasteiger partial charge in [-0.25, -0.2) is 0 Å². The van der Waals surface area contributed by atoms with Crippen LogP contribution in [0.25, 0.3) is 0 Å². The minimum atomic E-state index is -0.246. The molecular formula is C15H23ClN2O2. The molecule has 0 bridgehead atoms. The number of nitrogens with one attached hydrogen (secondary N) is 1. The Bertz CT molecular complexity index is 423. The molecule has 1 aromatic rings. The maximum Gasteiger partial charge on any atom is 0.223 e. The second-order valence-corrected chi connectivity index (χ2v) is 5.36. The molecule has 1 saturated carbocycles. The van der Waals surface area contributed by atoms with Crippen molar-refractivity contribution in [2.75, 3.05) is 13.2 Å². The van der Waals surface area contributed by atoms with E-state index in [1.807, 2.05) is 37.3 Å². The first-order chi connectivity index (χ1) is 9.14. The van der Waals surface area contributed by atoms with E-state index < -0.39 is 0 Å². The Hall–Kier alpha value is -1.26. The third kappa shape index (κ3) is 4.69. The molecule has 1 atom stereocenters. The van der Waals surface area contributed by atoms with E-state index in [9.17, 15) is 4.79 Å². The van der Waals surface area contributed by atoms with Gasteiger partial charge in [0.15, 0.2) is 0 Å². The van der Waals surface area contributed by atoms with Crippen LogP contribution in [0.3, 0.4) is 0 Å². The zero-order valence-corrected chi connectivity index (χ0v) is 12.6. The predicted molar refractivity (Wildman–Crippen MR) is 82.1 cm³/mol. The highest BCUT2D eigenvalue weighted by atomic mass is 35.5. The van der Waals surface area contributed by atoms with Crippen molar-refractivity contribution < 1.29 is 9.53 Å². The van der Waals surface area contributed by atoms with E-state index in [4.69, 9.17) is 10.5 Å². The van der Waals surface area contributed by atoms with Crippen molar-refractivity contribution >= 4 is 18.3 Å². The van der Waals surface area contributed by atoms with Crippen molar-refractivity contribution in [2.24, 2.45) is 11.7 Å². The summed E-state index contributed by atoms with van der Waals surface area (Å²) in [6, 6.07) is 9.52. The summed E-state index contributed by atoms with van der Waals surface area (Å²) < 4.78 is 5.51. The SMILES string of the molecule is CC(CN)(NC(=O)CCOc1ccccc1)C1CC1.Cl. The molecule has 5 heteroatoms. The fourth-order valence-corrected chi connectivity index (χ4v) is 2.20. The van der Waals surface area contributed by atoms with E-state index in [1.54, 1.807) is 0 Å². The van der Waals surface area contributed by atoms with E-state index >= 15 is 0 Å². The molecule has 0 spiro atoms. The Morgan fingerprint density at radius 3 is 2.60 bits per heavy atom. The first-order valence-corrected chi connectivity index (χ1v) is 6.83. The van der Waals surface area contributed by atoms with Crippen molar-refractivity contribution in [3.05, 3.63) is 30.3 Å². The third-order valence-electron chi connectivity index (χ3n) is 3.67. The number of ether oxygens (including phenoxy) is 1. The Kier molecular flexibility index (Phi) is 6.30. The largest absolute Gasteiger partial charge is 0.493 e. The van der Waals surface area contributed by atoms with E-state index in [1.165, 1.54) is 0 Å². The normalized spacial score (nSPS) is 16.7. The molecule has 2 rings (SSSR count). The highest BCUT2D eigenvalue weighted by Crippen LogP contribution is 2.38. The van der Waals surface area contributed by atoms with Crippen molar-refractivity contribution in [2.45, 2.75) is 31.7 Å². The van der Waals surface area contributed by atoms with Crippen LogP contribution in [0.4, 0.5) is 0 Å². The summed E-state index contributed by atoms with van der Waals surface area (Å²) in [7, 11) is 0. The molecule has 112 valence electrons. The summed E-state index contributed by atoms with van der Waals surface area (Å²) in [5.74, 6) is 1.34. The van der Waals surface area contributed by atoms with Crippen LogP contribution in [0.2, 0.25) is 0 Å². The molecule has 4 nitrogen and oxygen atoms in total. The van der Waals surface area contributed by atoms with E-state index in [2.05, 4.69) is 5.32 Å². The van der Waals surface area contributed by atoms with Gasteiger partial charge in [0.05, 0.1) is 18.6 Å². The van der Waals surface area contributed by atoms with Crippen molar-refractivity contribution in [1.82, 2.24) is 5.32 Å². The Balaban J connectivity index is 0.00000200. The lowest BCUT2D eigenvalue weighted by atomic mass is 9.96. The zero-order chi connectivity index (χ0) is 13.7. The van der Waals surface area contributed by atoms with Crippen LogP contribution in [0.1, 0.15) is 26.2 Å². The molecule has 0 saturated heterocycles. The first kappa shape index (κ1) is 16.8. The molecule has 1 aliphatic rings. The Labute approximate surface area is 126 Å². The Morgan fingerprint density at radius 1 is 1.40 bits per heavy atom. The van der Waals surface area contributed by atoms with Crippen LogP contribution in [-0.4, -0.2) is 24.6 Å². The molecule has 0 radical (unpaired) electrons. The van der Waals surface area contributed by atoms with Crippen molar-refractivity contribution in [3.8, 4) is 5.75 Å². The number of halogens is 1. The second-order valence-electron chi connectivity index (χ2n) is 5.36. The number of nitrogens with two attached hydrogens (primary N) is 1. The van der Waals surface area contributed by atoms with Gasteiger partial charge in [0, 0.05) is 6.54 Å². The van der Waals surface area contributed by atoms with E-state index in [-0.39, 0.29) is 23.9 Å². The minimum Gasteiger partial charge on any atom is -0.493 e. The molecule has 0 aliphatic heterocycles. The van der Waals surface area contributed by atoms with Gasteiger partial charge in [-0.3, -0.25) is 4.79 Å². The molecule has 1 fully saturated rings. The monoisotopic (exact) mass is 298 g/mol. The van der Waals surface area contributed by atoms with Gasteiger partial charge in [-0.2, -0.15) is 0 Å². The fraction of sp³-hybridized carbons (Fsp3) is 0.533. The maximum atomic E-state index is 11.9. The fourth-order valence-electron chi connectivity index (χ4n) is 2.20. The highest BCUT2D eigenvalue weighted by Gasteiger charge is 2.41. The summed E-state index contributed by atoms with van der Waals surface area (Å²) >= 11 is 0. The van der Waals surface area contributed by atoms with Gasteiger partial charge < -0.3 is 15.8 Å². The molecule has 0 aromatic heterocycles. The van der Waals surface area contributed by atoms with Gasteiger partial charge >= 0.3 is 0 Å². The lowest BCUT2D eigenvalue weighted by molar-refractivity contribution is -0.123. The summed E-state index contributed by atoms with van der Waals surface area (Å²) in [6.07, 6.45) is 2.68. The number of rotatable bonds is 7. The maximum absolute atomic E-state index is 11.9. The average Bonchev–Trinajstić information content (AvgIpc) is 3.24. The summed E-state index contributed by atoms with van der Waals surface area (Å²) in [4.78, 5) is 11.9. The number of hydrogen-bond donors (Lipinski definition) is 2. The summed E-state index contributed by atoms with van der Waals surface area (Å²) in [5, 5.41) is 3.05. The highest BCUT2D eigenvalue weighted by molar-refractivity contribution is 5.85. The summed E-state index contributed by atoms with van der Waals surface area (Å²) in [6.45, 7) is 2.91. The minimum absolute atomic E-state index is 0. The second kappa shape index (κ2) is 7.50. The Morgan fingerprint density at radius 2 is 2.05 bits per heavy atom. The zero-order valence-electron chi connectivity index (χ0n) is 11.8. The molecular weight excluding hydrogens is 276 g/mol. The van der Waals surface area contributed by atoms with Gasteiger partial charge in [-0.05, 0) is 37.8 Å². The molecule has 1 amide bonds. The van der Waals surface area contributed by atoms with Gasteiger partial charge in [0.2, 0.25) is 5.91 Å². The number of amides is 1. The van der Waals surface area contributed by atoms with Crippen LogP contribution >= 0.6 is 12.4 Å². The number of para-hydroxylation sites is 1. The molecule has 0 heterocycles. The van der Waals surface area contributed by atoms with Crippen molar-refractivity contribution in [3.63, 3.8) is 0 Å². The van der Waals surface area contributed by atoms with Gasteiger partial charge in [-0.1, -0.05) is 18.2 Å². The lowest BCUT2D eigenvalue weighted by Gasteiger charge is -2.29. The number of carbonyl (C=O) groups is 1. The molecule has 20 heavy (non-hydrogen) atoms. The smallest absolute Gasteiger partial charge is 0.223 e. The van der Waals surface area contributed by atoms with Crippen molar-refractivity contribution in [1.29, 1.82) is 0 Å². The van der Waals surface area contributed by atoms with Gasteiger partial charge in [-0.15, -0.1) is 12.4 Å². The number of hydrogen-bond acceptors (Lipinski definition) is 3. The van der Waals surface area contributed by atoms with Crippen LogP contribution in [0.5, 0.6) is 5.75 Å². The molecule has 3 N–H and O–H groups in total. The standard InChI is InChI=1S/C15H22N2O2.ClH/c1-15(11-16,12-7-8-12)17-14(18)9-10-19-13-5-3-2-4-6-13;/h2-6,12H,7-11,16H2,1H3,(H,17,18);1H. The number of benzene rings is 1. The van der Waals surface area contributed by atoms with Gasteiger partial charge in [0.1, 0.15) is 5.75 Å². The van der Waals surface area contributed by atoms with Crippen LogP contribution in [0, 0.1) is 5.92 Å². The topological polar surface area (TPSA) is 64.3 Å². The van der Waals surface area contributed by atoms with E-state index in [0.717, 1.165) is 18.6 Å². The average molecular weight is 299 g/mol. The van der Waals surface area contributed by atoms with Crippen LogP contribution in [0.15, 0.2) is 30.3 Å². The predicted octanol–water partition coefficient (Wildman–Crippen LogP) is 2.12. The van der Waals surface area contributed by atoms with Crippen LogP contribution < -0.4 is 15.8 Å². The third-order valence-corrected chi connectivity index (χ3v) is 3.67. The molecule has 1 aliphatic carbocycles. The van der Waals surface area contributed by atoms with E-state index in [0.29, 0.717) is 25.5 Å². The summed E-state index contributed by atoms with van der Waals surface area (Å²) in [5.41, 5.74) is 5.52. The molecule has 1 unspecified atom stereocenters. The molecule has 1 aromatic carbocycles. The van der Waals surface area contributed by atoms with Gasteiger partial charge in [0.25, 0.3) is 0 Å². The quantitative estimate of drug-likeness (QED) is 0.810. The van der Waals surface area contributed by atoms with Crippen LogP contribution in [-0.2, 0) is 4.79 Å². The first-order valence-electron chi connectivity index (χ1n) is 6.83. The lowest BCUT2D eigenvalue weighted by Crippen LogP contribution is -2.53.